The van der Waals surface area contributed by atoms with Crippen LogP contribution in [0.3, 0.4) is 0 Å². The van der Waals surface area contributed by atoms with Gasteiger partial charge in [0.25, 0.3) is 0 Å². The zero-order chi connectivity index (χ0) is 17.8. The number of nitrogens with zero attached hydrogens (tertiary/aromatic N) is 2. The van der Waals surface area contributed by atoms with Crippen molar-refractivity contribution in [2.75, 3.05) is 12.0 Å². The van der Waals surface area contributed by atoms with Gasteiger partial charge in [0.05, 0.1) is 12.8 Å². The van der Waals surface area contributed by atoms with E-state index in [9.17, 15) is 0 Å². The van der Waals surface area contributed by atoms with Crippen LogP contribution in [-0.4, -0.2) is 13.3 Å². The van der Waals surface area contributed by atoms with Crippen molar-refractivity contribution in [3.05, 3.63) is 89.5 Å². The van der Waals surface area contributed by atoms with Crippen molar-refractivity contribution >= 4 is 17.6 Å². The van der Waals surface area contributed by atoms with Crippen LogP contribution in [0.1, 0.15) is 16.7 Å². The fourth-order valence-corrected chi connectivity index (χ4v) is 3.29. The average molecular weight is 342 g/mol. The van der Waals surface area contributed by atoms with Crippen molar-refractivity contribution in [3.8, 4) is 5.75 Å². The summed E-state index contributed by atoms with van der Waals surface area (Å²) in [7, 11) is 1.70. The molecule has 3 heteroatoms. The third-order valence-electron chi connectivity index (χ3n) is 4.72. The van der Waals surface area contributed by atoms with Gasteiger partial charge in [-0.2, -0.15) is 0 Å². The van der Waals surface area contributed by atoms with E-state index in [-0.39, 0.29) is 0 Å². The minimum absolute atomic E-state index is 0.846. The van der Waals surface area contributed by atoms with Gasteiger partial charge < -0.3 is 9.64 Å². The Hall–Kier alpha value is -3.07. The second-order valence-corrected chi connectivity index (χ2v) is 6.52. The van der Waals surface area contributed by atoms with Gasteiger partial charge in [0.1, 0.15) is 5.75 Å². The second-order valence-electron chi connectivity index (χ2n) is 6.52. The van der Waals surface area contributed by atoms with Gasteiger partial charge in [0.2, 0.25) is 0 Å². The Morgan fingerprint density at radius 1 is 0.885 bits per heavy atom. The first-order valence-corrected chi connectivity index (χ1v) is 8.89. The maximum absolute atomic E-state index is 5.28. The summed E-state index contributed by atoms with van der Waals surface area (Å²) >= 11 is 0. The summed E-state index contributed by atoms with van der Waals surface area (Å²) in [5.74, 6) is 0.887. The molecule has 3 aromatic carbocycles. The molecule has 0 radical (unpaired) electrons. The molecule has 1 aliphatic rings. The fourth-order valence-electron chi connectivity index (χ4n) is 3.29. The Morgan fingerprint density at radius 3 is 2.35 bits per heavy atom. The topological polar surface area (TPSA) is 24.8 Å². The van der Waals surface area contributed by atoms with Crippen molar-refractivity contribution in [1.29, 1.82) is 0 Å². The Balaban J connectivity index is 1.62. The molecule has 0 aromatic heterocycles. The van der Waals surface area contributed by atoms with E-state index in [1.807, 2.05) is 18.3 Å². The lowest BCUT2D eigenvalue weighted by Gasteiger charge is -2.26. The standard InChI is InChI=1S/C23H22N2O/c1-26-22-10-7-19(8-11-22)17-25(16-18-5-3-2-4-6-18)21-9-12-23-20(15-21)13-14-24-23/h2-12,14-15H,13,16-17H2,1H3. The van der Waals surface area contributed by atoms with Gasteiger partial charge in [-0.15, -0.1) is 0 Å². The van der Waals surface area contributed by atoms with Gasteiger partial charge in [0.15, 0.2) is 0 Å². The molecule has 0 spiro atoms. The van der Waals surface area contributed by atoms with E-state index in [1.165, 1.54) is 22.4 Å². The molecule has 0 amide bonds. The molecule has 26 heavy (non-hydrogen) atoms. The van der Waals surface area contributed by atoms with Crippen LogP contribution < -0.4 is 9.64 Å². The van der Waals surface area contributed by atoms with E-state index in [0.717, 1.165) is 30.9 Å². The zero-order valence-electron chi connectivity index (χ0n) is 14.9. The van der Waals surface area contributed by atoms with Crippen LogP contribution in [0.25, 0.3) is 0 Å². The molecule has 0 N–H and O–H groups in total. The number of hydrogen-bond donors (Lipinski definition) is 0. The van der Waals surface area contributed by atoms with Gasteiger partial charge in [0, 0.05) is 31.4 Å². The largest absolute Gasteiger partial charge is 0.497 e. The van der Waals surface area contributed by atoms with E-state index in [2.05, 4.69) is 70.6 Å². The minimum atomic E-state index is 0.846. The maximum Gasteiger partial charge on any atom is 0.118 e. The molecule has 3 aromatic rings. The lowest BCUT2D eigenvalue weighted by molar-refractivity contribution is 0.414. The van der Waals surface area contributed by atoms with Gasteiger partial charge in [-0.05, 0) is 47.0 Å². The number of aliphatic imine (C=N–C) groups is 1. The molecule has 1 aliphatic heterocycles. The van der Waals surface area contributed by atoms with Gasteiger partial charge >= 0.3 is 0 Å². The van der Waals surface area contributed by atoms with Crippen LogP contribution >= 0.6 is 0 Å². The van der Waals surface area contributed by atoms with E-state index in [1.54, 1.807) is 7.11 Å². The Labute approximate surface area is 154 Å². The van der Waals surface area contributed by atoms with Crippen molar-refractivity contribution < 1.29 is 4.74 Å². The minimum Gasteiger partial charge on any atom is -0.497 e. The molecule has 130 valence electrons. The van der Waals surface area contributed by atoms with Crippen LogP contribution in [0.15, 0.2) is 77.8 Å². The van der Waals surface area contributed by atoms with Crippen LogP contribution in [0, 0.1) is 0 Å². The third-order valence-corrected chi connectivity index (χ3v) is 4.72. The fraction of sp³-hybridized carbons (Fsp3) is 0.174. The molecule has 0 saturated heterocycles. The molecule has 3 nitrogen and oxygen atoms in total. The molecular weight excluding hydrogens is 320 g/mol. The van der Waals surface area contributed by atoms with Crippen LogP contribution in [0.5, 0.6) is 5.75 Å². The summed E-state index contributed by atoms with van der Waals surface area (Å²) in [5.41, 5.74) is 6.19. The van der Waals surface area contributed by atoms with E-state index < -0.39 is 0 Å². The number of benzene rings is 3. The van der Waals surface area contributed by atoms with E-state index in [4.69, 9.17) is 4.74 Å². The highest BCUT2D eigenvalue weighted by molar-refractivity contribution is 5.77. The molecule has 4 rings (SSSR count). The highest BCUT2D eigenvalue weighted by Gasteiger charge is 2.13. The summed E-state index contributed by atoms with van der Waals surface area (Å²) in [6.07, 6.45) is 2.91. The molecule has 0 fully saturated rings. The monoisotopic (exact) mass is 342 g/mol. The van der Waals surface area contributed by atoms with Crippen molar-refractivity contribution in [3.63, 3.8) is 0 Å². The van der Waals surface area contributed by atoms with Gasteiger partial charge in [-0.1, -0.05) is 42.5 Å². The first-order chi connectivity index (χ1) is 12.8. The predicted octanol–water partition coefficient (Wildman–Crippen LogP) is 5.16. The lowest BCUT2D eigenvalue weighted by Crippen LogP contribution is -2.22. The maximum atomic E-state index is 5.28. The number of methoxy groups -OCH3 is 1. The highest BCUT2D eigenvalue weighted by atomic mass is 16.5. The molecule has 1 heterocycles. The predicted molar refractivity (Wildman–Crippen MR) is 108 cm³/mol. The van der Waals surface area contributed by atoms with Gasteiger partial charge in [-0.25, -0.2) is 0 Å². The Morgan fingerprint density at radius 2 is 1.62 bits per heavy atom. The Bertz CT molecular complexity index is 901. The van der Waals surface area contributed by atoms with Crippen LogP contribution in [0.4, 0.5) is 11.4 Å². The van der Waals surface area contributed by atoms with Crippen molar-refractivity contribution in [1.82, 2.24) is 0 Å². The zero-order valence-corrected chi connectivity index (χ0v) is 14.9. The SMILES string of the molecule is COc1ccc(CN(Cc2ccccc2)c2ccc3c(c2)CC=N3)cc1. The van der Waals surface area contributed by atoms with Gasteiger partial charge in [-0.3, -0.25) is 4.99 Å². The molecule has 0 atom stereocenters. The summed E-state index contributed by atoms with van der Waals surface area (Å²) in [5, 5.41) is 0. The summed E-state index contributed by atoms with van der Waals surface area (Å²) in [6.45, 7) is 1.71. The van der Waals surface area contributed by atoms with E-state index in [0.29, 0.717) is 0 Å². The molecule has 0 aliphatic carbocycles. The number of rotatable bonds is 6. The number of anilines is 1. The molecule has 0 unspecified atom stereocenters. The third kappa shape index (κ3) is 3.62. The average Bonchev–Trinajstić information content (AvgIpc) is 3.17. The van der Waals surface area contributed by atoms with Crippen molar-refractivity contribution in [2.24, 2.45) is 4.99 Å². The first-order valence-electron chi connectivity index (χ1n) is 8.89. The summed E-state index contributed by atoms with van der Waals surface area (Å²) < 4.78 is 5.28. The lowest BCUT2D eigenvalue weighted by atomic mass is 10.1. The van der Waals surface area contributed by atoms with Crippen LogP contribution in [0.2, 0.25) is 0 Å². The molecular formula is C23H22N2O. The Kier molecular flexibility index (Phi) is 4.69. The molecule has 0 bridgehead atoms. The summed E-state index contributed by atoms with van der Waals surface area (Å²) in [6, 6.07) is 25.5. The van der Waals surface area contributed by atoms with Crippen molar-refractivity contribution in [2.45, 2.75) is 19.5 Å². The summed E-state index contributed by atoms with van der Waals surface area (Å²) in [4.78, 5) is 6.84. The van der Waals surface area contributed by atoms with E-state index >= 15 is 0 Å². The number of hydrogen-bond acceptors (Lipinski definition) is 3. The smallest absolute Gasteiger partial charge is 0.118 e. The van der Waals surface area contributed by atoms with Crippen LogP contribution in [-0.2, 0) is 19.5 Å². The number of ether oxygens (including phenoxy) is 1. The second kappa shape index (κ2) is 7.44. The first kappa shape index (κ1) is 16.4. The normalized spacial score (nSPS) is 12.0. The highest BCUT2D eigenvalue weighted by Crippen LogP contribution is 2.30. The number of fused-ring (bicyclic) bond motifs is 1. The quantitative estimate of drug-likeness (QED) is 0.618. The molecule has 0 saturated carbocycles.